The minimum absolute atomic E-state index is 0.0722. The molecule has 0 saturated carbocycles. The maximum absolute atomic E-state index is 12.0. The van der Waals surface area contributed by atoms with Gasteiger partial charge in [0.05, 0.1) is 6.54 Å². The lowest BCUT2D eigenvalue weighted by Gasteiger charge is -2.14. The van der Waals surface area contributed by atoms with Crippen molar-refractivity contribution in [1.82, 2.24) is 5.32 Å². The molecule has 0 fully saturated rings. The summed E-state index contributed by atoms with van der Waals surface area (Å²) in [5, 5.41) is 4.71. The molecule has 2 aromatic carbocycles. The van der Waals surface area contributed by atoms with Crippen LogP contribution < -0.4 is 5.32 Å². The molecule has 4 rings (SSSR count). The van der Waals surface area contributed by atoms with Crippen molar-refractivity contribution in [3.63, 3.8) is 0 Å². The first-order chi connectivity index (χ1) is 13.2. The van der Waals surface area contributed by atoms with E-state index in [-0.39, 0.29) is 12.5 Å². The lowest BCUT2D eigenvalue weighted by Crippen LogP contribution is -2.26. The zero-order valence-corrected chi connectivity index (χ0v) is 15.8. The number of aryl methyl sites for hydroxylation is 1. The Balaban J connectivity index is 1.36. The third-order valence-corrected chi connectivity index (χ3v) is 5.49. The third kappa shape index (κ3) is 3.74. The quantitative estimate of drug-likeness (QED) is 0.660. The first-order valence-electron chi connectivity index (χ1n) is 8.85. The number of rotatable bonds is 3. The van der Waals surface area contributed by atoms with Gasteiger partial charge in [0.25, 0.3) is 0 Å². The van der Waals surface area contributed by atoms with Crippen molar-refractivity contribution < 1.29 is 9.53 Å². The van der Waals surface area contributed by atoms with Crippen LogP contribution in [0.4, 0.5) is 4.79 Å². The van der Waals surface area contributed by atoms with Crippen molar-refractivity contribution in [2.75, 3.05) is 13.2 Å². The van der Waals surface area contributed by atoms with Gasteiger partial charge < -0.3 is 10.1 Å². The fraction of sp³-hybridized carbons (Fsp3) is 0.174. The summed E-state index contributed by atoms with van der Waals surface area (Å²) in [7, 11) is 0. The van der Waals surface area contributed by atoms with Crippen LogP contribution in [0.1, 0.15) is 27.5 Å². The second kappa shape index (κ2) is 7.69. The summed E-state index contributed by atoms with van der Waals surface area (Å²) in [6, 6.07) is 18.6. The first-order valence-corrected chi connectivity index (χ1v) is 9.73. The van der Waals surface area contributed by atoms with Gasteiger partial charge >= 0.3 is 6.09 Å². The van der Waals surface area contributed by atoms with E-state index in [1.165, 1.54) is 27.1 Å². The molecule has 1 aliphatic rings. The highest BCUT2D eigenvalue weighted by molar-refractivity contribution is 7.10. The van der Waals surface area contributed by atoms with Crippen LogP contribution in [0, 0.1) is 18.8 Å². The summed E-state index contributed by atoms with van der Waals surface area (Å²) in [6.07, 6.45) is -0.437. The highest BCUT2D eigenvalue weighted by atomic mass is 32.1. The van der Waals surface area contributed by atoms with Crippen LogP contribution in [-0.2, 0) is 4.74 Å². The van der Waals surface area contributed by atoms with E-state index < -0.39 is 6.09 Å². The molecule has 1 aromatic heterocycles. The Morgan fingerprint density at radius 2 is 1.78 bits per heavy atom. The van der Waals surface area contributed by atoms with Gasteiger partial charge in [-0.15, -0.1) is 11.3 Å². The molecule has 1 N–H and O–H groups in total. The lowest BCUT2D eigenvalue weighted by atomic mass is 9.98. The summed E-state index contributed by atoms with van der Waals surface area (Å²) < 4.78 is 5.48. The SMILES string of the molecule is Cc1cc(C#CCNC(=O)OCC2c3ccccc3-c3ccccc32)cs1. The second-order valence-corrected chi connectivity index (χ2v) is 7.54. The molecule has 1 amide bonds. The Hall–Kier alpha value is -3.03. The predicted molar refractivity (Wildman–Crippen MR) is 109 cm³/mol. The predicted octanol–water partition coefficient (Wildman–Crippen LogP) is 4.95. The summed E-state index contributed by atoms with van der Waals surface area (Å²) >= 11 is 1.67. The molecule has 0 bridgehead atoms. The summed E-state index contributed by atoms with van der Waals surface area (Å²) in [5.74, 6) is 6.06. The molecule has 0 aliphatic heterocycles. The molecular formula is C23H19NO2S. The van der Waals surface area contributed by atoms with E-state index in [0.717, 1.165) is 5.56 Å². The summed E-state index contributed by atoms with van der Waals surface area (Å²) in [5.41, 5.74) is 5.84. The van der Waals surface area contributed by atoms with Crippen LogP contribution in [0.2, 0.25) is 0 Å². The van der Waals surface area contributed by atoms with E-state index in [2.05, 4.69) is 41.4 Å². The van der Waals surface area contributed by atoms with Crippen molar-refractivity contribution in [3.05, 3.63) is 81.5 Å². The van der Waals surface area contributed by atoms with Gasteiger partial charge in [-0.3, -0.25) is 0 Å². The highest BCUT2D eigenvalue weighted by Crippen LogP contribution is 2.44. The molecule has 3 nitrogen and oxygen atoms in total. The number of benzene rings is 2. The molecule has 1 aliphatic carbocycles. The normalized spacial score (nSPS) is 11.9. The van der Waals surface area contributed by atoms with Crippen LogP contribution in [0.25, 0.3) is 11.1 Å². The molecule has 134 valence electrons. The number of amides is 1. The first kappa shape index (κ1) is 17.4. The lowest BCUT2D eigenvalue weighted by molar-refractivity contribution is 0.144. The molecule has 0 radical (unpaired) electrons. The number of alkyl carbamates (subject to hydrolysis) is 1. The van der Waals surface area contributed by atoms with Gasteiger partial charge in [0.2, 0.25) is 0 Å². The van der Waals surface area contributed by atoms with Gasteiger partial charge in [-0.05, 0) is 35.2 Å². The Kier molecular flexibility index (Phi) is 4.95. The maximum Gasteiger partial charge on any atom is 0.407 e. The number of fused-ring (bicyclic) bond motifs is 3. The molecule has 4 heteroatoms. The van der Waals surface area contributed by atoms with Gasteiger partial charge in [-0.25, -0.2) is 4.79 Å². The number of hydrogen-bond donors (Lipinski definition) is 1. The van der Waals surface area contributed by atoms with Gasteiger partial charge in [0.1, 0.15) is 6.61 Å². The topological polar surface area (TPSA) is 38.3 Å². The molecule has 27 heavy (non-hydrogen) atoms. The smallest absolute Gasteiger partial charge is 0.407 e. The number of carbonyl (C=O) groups excluding carboxylic acids is 1. The van der Waals surface area contributed by atoms with Crippen molar-refractivity contribution in [3.8, 4) is 23.0 Å². The minimum Gasteiger partial charge on any atom is -0.449 e. The van der Waals surface area contributed by atoms with E-state index in [1.807, 2.05) is 42.6 Å². The van der Waals surface area contributed by atoms with Crippen LogP contribution in [0.15, 0.2) is 60.0 Å². The van der Waals surface area contributed by atoms with E-state index in [1.54, 1.807) is 11.3 Å². The summed E-state index contributed by atoms with van der Waals surface area (Å²) in [6.45, 7) is 2.63. The Labute approximate surface area is 163 Å². The largest absolute Gasteiger partial charge is 0.449 e. The number of ether oxygens (including phenoxy) is 1. The van der Waals surface area contributed by atoms with Crippen molar-refractivity contribution in [2.45, 2.75) is 12.8 Å². The Bertz CT molecular complexity index is 996. The highest BCUT2D eigenvalue weighted by Gasteiger charge is 2.28. The third-order valence-electron chi connectivity index (χ3n) is 4.63. The van der Waals surface area contributed by atoms with E-state index in [4.69, 9.17) is 4.74 Å². The molecular weight excluding hydrogens is 354 g/mol. The van der Waals surface area contributed by atoms with Gasteiger partial charge in [-0.2, -0.15) is 0 Å². The fourth-order valence-electron chi connectivity index (χ4n) is 3.42. The van der Waals surface area contributed by atoms with Gasteiger partial charge in [0, 0.05) is 21.7 Å². The number of nitrogens with one attached hydrogen (secondary N) is 1. The molecule has 0 unspecified atom stereocenters. The van der Waals surface area contributed by atoms with E-state index >= 15 is 0 Å². The Morgan fingerprint density at radius 3 is 2.41 bits per heavy atom. The van der Waals surface area contributed by atoms with Crippen LogP contribution >= 0.6 is 11.3 Å². The maximum atomic E-state index is 12.0. The second-order valence-electron chi connectivity index (χ2n) is 6.43. The van der Waals surface area contributed by atoms with Crippen molar-refractivity contribution >= 4 is 17.4 Å². The fourth-order valence-corrected chi connectivity index (χ4v) is 4.06. The molecule has 3 aromatic rings. The zero-order chi connectivity index (χ0) is 18.6. The average Bonchev–Trinajstić information content (AvgIpc) is 3.25. The average molecular weight is 373 g/mol. The number of thiophene rings is 1. The standard InChI is InChI=1S/C23H19NO2S/c1-16-13-17(15-27-16)7-6-12-24-23(25)26-14-22-20-10-4-2-8-18(20)19-9-3-5-11-21(19)22/h2-5,8-11,13,15,22H,12,14H2,1H3,(H,24,25). The van der Waals surface area contributed by atoms with E-state index in [0.29, 0.717) is 6.61 Å². The summed E-state index contributed by atoms with van der Waals surface area (Å²) in [4.78, 5) is 13.3. The Morgan fingerprint density at radius 1 is 1.11 bits per heavy atom. The molecule has 0 atom stereocenters. The van der Waals surface area contributed by atoms with Gasteiger partial charge in [0.15, 0.2) is 0 Å². The monoisotopic (exact) mass is 373 g/mol. The molecule has 0 saturated heterocycles. The van der Waals surface area contributed by atoms with Crippen LogP contribution in [0.3, 0.4) is 0 Å². The minimum atomic E-state index is -0.437. The van der Waals surface area contributed by atoms with Gasteiger partial charge in [-0.1, -0.05) is 60.4 Å². The van der Waals surface area contributed by atoms with Crippen molar-refractivity contribution in [2.24, 2.45) is 0 Å². The zero-order valence-electron chi connectivity index (χ0n) is 15.0. The number of carbonyl (C=O) groups is 1. The van der Waals surface area contributed by atoms with Crippen LogP contribution in [-0.4, -0.2) is 19.2 Å². The molecule has 1 heterocycles. The van der Waals surface area contributed by atoms with Crippen molar-refractivity contribution in [1.29, 1.82) is 0 Å². The van der Waals surface area contributed by atoms with E-state index in [9.17, 15) is 4.79 Å². The molecule has 0 spiro atoms. The van der Waals surface area contributed by atoms with Crippen LogP contribution in [0.5, 0.6) is 0 Å². The number of hydrogen-bond acceptors (Lipinski definition) is 3.